The zero-order valence-electron chi connectivity index (χ0n) is 29.0. The van der Waals surface area contributed by atoms with Gasteiger partial charge in [0.15, 0.2) is 0 Å². The molecule has 274 valence electrons. The van der Waals surface area contributed by atoms with E-state index in [0.29, 0.717) is 74.0 Å². The number of halogens is 1. The van der Waals surface area contributed by atoms with E-state index in [-0.39, 0.29) is 42.5 Å². The predicted octanol–water partition coefficient (Wildman–Crippen LogP) is 3.70. The fourth-order valence-electron chi connectivity index (χ4n) is 5.80. The fourth-order valence-corrected chi connectivity index (χ4v) is 5.80. The van der Waals surface area contributed by atoms with Gasteiger partial charge in [-0.05, 0) is 53.6 Å². The lowest BCUT2D eigenvalue weighted by atomic mass is 10.0. The molecular weight excluding hydrogens is 683 g/mol. The Morgan fingerprint density at radius 2 is 1.75 bits per heavy atom. The van der Waals surface area contributed by atoms with E-state index < -0.39 is 12.1 Å². The molecule has 5 aromatic rings. The molecule has 0 unspecified atom stereocenters. The molecule has 1 aliphatic rings. The summed E-state index contributed by atoms with van der Waals surface area (Å²) in [5.41, 5.74) is 4.21. The summed E-state index contributed by atoms with van der Waals surface area (Å²) in [5.74, 6) is 0.341. The first-order valence-corrected chi connectivity index (χ1v) is 17.0. The SMILES string of the molecule is COCCNC(=O)[C@H](Cc1ccc(C#N)cc1)Nc1nc(NCc2nc3ccc(F)cc3[nH]2)nc(Nc2cccc(CN3CCN(C(=O)O)CC3)c2)n1. The second kappa shape index (κ2) is 17.2. The number of methoxy groups -OCH3 is 1. The predicted molar refractivity (Wildman–Crippen MR) is 195 cm³/mol. The van der Waals surface area contributed by atoms with Crippen LogP contribution in [0, 0.1) is 17.1 Å². The van der Waals surface area contributed by atoms with Crippen LogP contribution in [0.25, 0.3) is 11.0 Å². The number of rotatable bonds is 15. The van der Waals surface area contributed by atoms with Gasteiger partial charge in [0.1, 0.15) is 17.7 Å². The number of piperazine rings is 1. The third-order valence-electron chi connectivity index (χ3n) is 8.52. The van der Waals surface area contributed by atoms with Crippen LogP contribution in [0.4, 0.5) is 32.7 Å². The van der Waals surface area contributed by atoms with Gasteiger partial charge in [0, 0.05) is 58.5 Å². The minimum absolute atomic E-state index is 0.115. The summed E-state index contributed by atoms with van der Waals surface area (Å²) in [5, 5.41) is 31.0. The van der Waals surface area contributed by atoms with Crippen molar-refractivity contribution in [1.82, 2.24) is 40.0 Å². The molecule has 1 aliphatic heterocycles. The first-order valence-electron chi connectivity index (χ1n) is 17.0. The third-order valence-corrected chi connectivity index (χ3v) is 8.52. The number of fused-ring (bicyclic) bond motifs is 1. The molecule has 53 heavy (non-hydrogen) atoms. The van der Waals surface area contributed by atoms with E-state index in [1.807, 2.05) is 24.3 Å². The molecule has 6 rings (SSSR count). The van der Waals surface area contributed by atoms with E-state index in [2.05, 4.69) is 57.2 Å². The summed E-state index contributed by atoms with van der Waals surface area (Å²) in [7, 11) is 1.55. The summed E-state index contributed by atoms with van der Waals surface area (Å²) in [6.07, 6.45) is -0.642. The summed E-state index contributed by atoms with van der Waals surface area (Å²) >= 11 is 0. The fraction of sp³-hybridized carbons (Fsp3) is 0.306. The summed E-state index contributed by atoms with van der Waals surface area (Å²) in [6.45, 7) is 3.59. The number of hydrogen-bond acceptors (Lipinski definition) is 12. The lowest BCUT2D eigenvalue weighted by Crippen LogP contribution is -2.47. The van der Waals surface area contributed by atoms with E-state index in [4.69, 9.17) is 4.74 Å². The Hall–Kier alpha value is -6.38. The molecule has 17 heteroatoms. The highest BCUT2D eigenvalue weighted by molar-refractivity contribution is 5.84. The number of carboxylic acid groups (broad SMARTS) is 1. The van der Waals surface area contributed by atoms with Crippen LogP contribution in [-0.4, -0.2) is 104 Å². The highest BCUT2D eigenvalue weighted by Gasteiger charge is 2.22. The molecule has 2 amide bonds. The minimum Gasteiger partial charge on any atom is -0.465 e. The van der Waals surface area contributed by atoms with Crippen LogP contribution in [0.15, 0.2) is 66.7 Å². The molecule has 2 aromatic heterocycles. The van der Waals surface area contributed by atoms with Crippen molar-refractivity contribution in [2.45, 2.75) is 25.6 Å². The highest BCUT2D eigenvalue weighted by atomic mass is 19.1. The Bertz CT molecular complexity index is 2080. The van der Waals surface area contributed by atoms with Crippen molar-refractivity contribution >= 4 is 46.6 Å². The van der Waals surface area contributed by atoms with Crippen molar-refractivity contribution in [2.24, 2.45) is 0 Å². The van der Waals surface area contributed by atoms with E-state index in [1.54, 1.807) is 37.4 Å². The molecule has 3 heterocycles. The molecule has 0 spiro atoms. The second-order valence-corrected chi connectivity index (χ2v) is 12.4. The van der Waals surface area contributed by atoms with Crippen molar-refractivity contribution in [3.63, 3.8) is 0 Å². The zero-order chi connectivity index (χ0) is 37.2. The van der Waals surface area contributed by atoms with Crippen molar-refractivity contribution in [2.75, 3.05) is 62.4 Å². The highest BCUT2D eigenvalue weighted by Crippen LogP contribution is 2.21. The Kier molecular flexibility index (Phi) is 11.8. The van der Waals surface area contributed by atoms with Crippen LogP contribution in [0.3, 0.4) is 0 Å². The number of amides is 2. The van der Waals surface area contributed by atoms with Crippen LogP contribution < -0.4 is 21.3 Å². The molecule has 1 fully saturated rings. The largest absolute Gasteiger partial charge is 0.465 e. The minimum atomic E-state index is -0.906. The summed E-state index contributed by atoms with van der Waals surface area (Å²) in [4.78, 5) is 49.7. The lowest BCUT2D eigenvalue weighted by Gasteiger charge is -2.33. The number of carbonyl (C=O) groups is 2. The Labute approximate surface area is 304 Å². The van der Waals surface area contributed by atoms with Gasteiger partial charge in [-0.25, -0.2) is 14.2 Å². The number of benzene rings is 3. The number of aromatic amines is 1. The maximum atomic E-state index is 13.8. The first-order chi connectivity index (χ1) is 25.7. The number of hydrogen-bond donors (Lipinski definition) is 6. The van der Waals surface area contributed by atoms with E-state index in [1.165, 1.54) is 17.0 Å². The standard InChI is InChI=1S/C36H39FN12O4/c1-53-16-11-39-32(50)30(18-23-5-7-24(20-38)8-6-23)44-35-46-33(40-21-31-42-28-10-9-26(37)19-29(28)43-31)45-34(47-35)41-27-4-2-3-25(17-27)22-48-12-14-49(15-13-48)36(51)52/h2-10,17,19,30H,11-16,18,21-22H2,1H3,(H,39,50)(H,42,43)(H,51,52)(H3,40,41,44,45,46,47)/t30-/m0/s1. The van der Waals surface area contributed by atoms with E-state index >= 15 is 0 Å². The number of nitrogens with zero attached hydrogens (tertiary/aromatic N) is 7. The van der Waals surface area contributed by atoms with Crippen LogP contribution in [0.2, 0.25) is 0 Å². The molecule has 1 saturated heterocycles. The Balaban J connectivity index is 1.24. The van der Waals surface area contributed by atoms with Crippen molar-refractivity contribution in [3.8, 4) is 6.07 Å². The van der Waals surface area contributed by atoms with Gasteiger partial charge in [-0.2, -0.15) is 20.2 Å². The van der Waals surface area contributed by atoms with E-state index in [0.717, 1.165) is 11.1 Å². The van der Waals surface area contributed by atoms with Crippen molar-refractivity contribution < 1.29 is 23.8 Å². The molecule has 16 nitrogen and oxygen atoms in total. The van der Waals surface area contributed by atoms with Crippen LogP contribution in [-0.2, 0) is 29.0 Å². The average Bonchev–Trinajstić information content (AvgIpc) is 3.56. The van der Waals surface area contributed by atoms with Crippen molar-refractivity contribution in [1.29, 1.82) is 5.26 Å². The molecule has 3 aromatic carbocycles. The number of H-pyrrole nitrogens is 1. The van der Waals surface area contributed by atoms with Crippen LogP contribution >= 0.6 is 0 Å². The molecule has 6 N–H and O–H groups in total. The summed E-state index contributed by atoms with van der Waals surface area (Å²) in [6, 6.07) is 20.3. The Morgan fingerprint density at radius 3 is 2.51 bits per heavy atom. The van der Waals surface area contributed by atoms with Crippen LogP contribution in [0.1, 0.15) is 22.5 Å². The smallest absolute Gasteiger partial charge is 0.407 e. The van der Waals surface area contributed by atoms with Crippen LogP contribution in [0.5, 0.6) is 0 Å². The third kappa shape index (κ3) is 10.1. The van der Waals surface area contributed by atoms with Gasteiger partial charge >= 0.3 is 6.09 Å². The van der Waals surface area contributed by atoms with Gasteiger partial charge in [0.2, 0.25) is 23.8 Å². The lowest BCUT2D eigenvalue weighted by molar-refractivity contribution is -0.122. The number of ether oxygens (including phenoxy) is 1. The first kappa shape index (κ1) is 36.4. The Morgan fingerprint density at radius 1 is 0.981 bits per heavy atom. The maximum Gasteiger partial charge on any atom is 0.407 e. The number of nitrogens with one attached hydrogen (secondary N) is 5. The van der Waals surface area contributed by atoms with E-state index in [9.17, 15) is 24.3 Å². The number of nitriles is 1. The van der Waals surface area contributed by atoms with Gasteiger partial charge in [-0.1, -0.05) is 24.3 Å². The van der Waals surface area contributed by atoms with Gasteiger partial charge in [-0.3, -0.25) is 9.69 Å². The van der Waals surface area contributed by atoms with Gasteiger partial charge in [0.05, 0.1) is 35.8 Å². The number of imidazole rings is 1. The molecule has 1 atom stereocenters. The monoisotopic (exact) mass is 722 g/mol. The second-order valence-electron chi connectivity index (χ2n) is 12.4. The van der Waals surface area contributed by atoms with Gasteiger partial charge in [0.25, 0.3) is 0 Å². The summed E-state index contributed by atoms with van der Waals surface area (Å²) < 4.78 is 18.9. The molecule has 0 bridgehead atoms. The molecule has 0 radical (unpaired) electrons. The molecule has 0 aliphatic carbocycles. The number of carbonyl (C=O) groups excluding carboxylic acids is 1. The molecular formula is C36H39FN12O4. The van der Waals surface area contributed by atoms with Gasteiger partial charge in [-0.15, -0.1) is 0 Å². The normalized spacial score (nSPS) is 13.6. The van der Waals surface area contributed by atoms with Crippen molar-refractivity contribution in [3.05, 3.63) is 95.1 Å². The average molecular weight is 723 g/mol. The van der Waals surface area contributed by atoms with Gasteiger partial charge < -0.3 is 41.0 Å². The number of anilines is 4. The topological polar surface area (TPSA) is 209 Å². The zero-order valence-corrected chi connectivity index (χ0v) is 29.0. The number of aromatic nitrogens is 5. The quantitative estimate of drug-likeness (QED) is 0.0853. The molecule has 0 saturated carbocycles. The maximum absolute atomic E-state index is 13.8.